The summed E-state index contributed by atoms with van der Waals surface area (Å²) in [6.45, 7) is 18.4. The van der Waals surface area contributed by atoms with E-state index in [1.807, 2.05) is 60.7 Å². The van der Waals surface area contributed by atoms with Crippen molar-refractivity contribution < 1.29 is 49.0 Å². The summed E-state index contributed by atoms with van der Waals surface area (Å²) in [4.78, 5) is 0. The van der Waals surface area contributed by atoms with Gasteiger partial charge in [0.05, 0.1) is 0 Å². The number of benzene rings is 6. The van der Waals surface area contributed by atoms with Gasteiger partial charge >= 0.3 is 120 Å². The molecule has 7 aromatic carbocycles. The number of hydrogen-bond acceptors (Lipinski definition) is 0. The molecule has 8 rings (SSSR count). The largest absolute Gasteiger partial charge is 1.00 e. The molecule has 1 aliphatic rings. The zero-order chi connectivity index (χ0) is 40.2. The van der Waals surface area contributed by atoms with Crippen LogP contribution in [0.1, 0.15) is 81.3 Å². The van der Waals surface area contributed by atoms with Crippen molar-refractivity contribution in [3.8, 4) is 22.3 Å². The molecule has 0 N–H and O–H groups in total. The Bertz CT molecular complexity index is 2380. The first-order chi connectivity index (χ1) is 26.6. The Morgan fingerprint density at radius 1 is 0.569 bits per heavy atom. The fourth-order valence-corrected chi connectivity index (χ4v) is 8.35. The minimum atomic E-state index is 0. The summed E-state index contributed by atoms with van der Waals surface area (Å²) in [5.41, 5.74) is 13.4. The fraction of sp³-hybridized carbons (Fsp3) is 0.208. The SMILES string of the molecule is Cc1ccccc1-c1cc2[cH-]c3cc(-c4ccccc4C)c(C(C)(C)C)cc3c2cc1C(C)(C)C.Clc1ccc([C](=[Zr+2])c2ccc(Cl)cc2)cc1.[C-]1=CC=CC1.[Cl-].[Cl-]. The topological polar surface area (TPSA) is 0 Å². The molecule has 0 saturated heterocycles. The van der Waals surface area contributed by atoms with Crippen LogP contribution >= 0.6 is 23.2 Å². The first-order valence-electron chi connectivity index (χ1n) is 19.3. The second kappa shape index (κ2) is 20.2. The van der Waals surface area contributed by atoms with Crippen molar-refractivity contribution in [1.29, 1.82) is 0 Å². The van der Waals surface area contributed by atoms with Crippen LogP contribution in [0.4, 0.5) is 0 Å². The summed E-state index contributed by atoms with van der Waals surface area (Å²) in [5.74, 6) is 0. The minimum Gasteiger partial charge on any atom is -1.00 e. The van der Waals surface area contributed by atoms with Crippen LogP contribution in [0.3, 0.4) is 0 Å². The minimum absolute atomic E-state index is 0. The van der Waals surface area contributed by atoms with Crippen molar-refractivity contribution in [2.24, 2.45) is 0 Å². The summed E-state index contributed by atoms with van der Waals surface area (Å²) in [6.07, 6.45) is 10.0. The van der Waals surface area contributed by atoms with Crippen LogP contribution in [0, 0.1) is 19.9 Å². The number of hydrogen-bond donors (Lipinski definition) is 0. The van der Waals surface area contributed by atoms with Crippen LogP contribution in [0.15, 0.2) is 146 Å². The van der Waals surface area contributed by atoms with Gasteiger partial charge in [0.2, 0.25) is 0 Å². The van der Waals surface area contributed by atoms with Crippen molar-refractivity contribution in [1.82, 2.24) is 0 Å². The molecule has 0 amide bonds. The molecule has 0 spiro atoms. The van der Waals surface area contributed by atoms with Crippen LogP contribution in [0.2, 0.25) is 10.0 Å². The van der Waals surface area contributed by atoms with E-state index in [-0.39, 0.29) is 35.6 Å². The van der Waals surface area contributed by atoms with Gasteiger partial charge in [0.1, 0.15) is 0 Å². The molecule has 0 radical (unpaired) electrons. The first-order valence-corrected chi connectivity index (χ1v) is 21.3. The Labute approximate surface area is 383 Å². The molecule has 0 aromatic heterocycles. The van der Waals surface area contributed by atoms with Gasteiger partial charge < -0.3 is 24.8 Å². The predicted molar refractivity (Wildman–Crippen MR) is 242 cm³/mol. The maximum absolute atomic E-state index is 5.86. The number of aryl methyl sites for hydroxylation is 2. The van der Waals surface area contributed by atoms with Crippen LogP contribution in [0.25, 0.3) is 43.8 Å². The quantitative estimate of drug-likeness (QED) is 0.155. The van der Waals surface area contributed by atoms with Gasteiger partial charge in [0.15, 0.2) is 0 Å². The molecule has 7 aromatic rings. The van der Waals surface area contributed by atoms with Crippen LogP contribution in [0.5, 0.6) is 0 Å². The Morgan fingerprint density at radius 3 is 1.28 bits per heavy atom. The van der Waals surface area contributed by atoms with E-state index in [2.05, 4.69) is 146 Å². The Kier molecular flexibility index (Phi) is 16.5. The molecule has 1 aliphatic carbocycles. The van der Waals surface area contributed by atoms with E-state index in [0.29, 0.717) is 0 Å². The van der Waals surface area contributed by atoms with Gasteiger partial charge in [0.25, 0.3) is 0 Å². The Morgan fingerprint density at radius 2 is 0.966 bits per heavy atom. The van der Waals surface area contributed by atoms with Gasteiger partial charge in [-0.1, -0.05) is 102 Å². The normalized spacial score (nSPS) is 11.9. The van der Waals surface area contributed by atoms with Crippen LogP contribution < -0.4 is 24.8 Å². The van der Waals surface area contributed by atoms with Crippen molar-refractivity contribution in [3.63, 3.8) is 0 Å². The van der Waals surface area contributed by atoms with Crippen molar-refractivity contribution in [2.75, 3.05) is 0 Å². The summed E-state index contributed by atoms with van der Waals surface area (Å²) in [6, 6.07) is 45.6. The van der Waals surface area contributed by atoms with Gasteiger partial charge in [-0.2, -0.15) is 6.08 Å². The Balaban J connectivity index is 0.000000268. The molecule has 0 aliphatic heterocycles. The van der Waals surface area contributed by atoms with Gasteiger partial charge in [-0.25, -0.2) is 12.2 Å². The molecule has 0 heterocycles. The smallest absolute Gasteiger partial charge is 0.109 e. The van der Waals surface area contributed by atoms with Crippen LogP contribution in [-0.2, 0) is 35.1 Å². The fourth-order valence-electron chi connectivity index (χ4n) is 7.28. The molecule has 0 unspecified atom stereocenters. The number of halogens is 4. The van der Waals surface area contributed by atoms with Crippen molar-refractivity contribution >= 4 is 48.0 Å². The molecule has 296 valence electrons. The molecule has 0 bridgehead atoms. The summed E-state index contributed by atoms with van der Waals surface area (Å²) < 4.78 is 1.31. The molecule has 0 atom stereocenters. The molecule has 58 heavy (non-hydrogen) atoms. The molecule has 0 fully saturated rings. The van der Waals surface area contributed by atoms with E-state index in [4.69, 9.17) is 23.2 Å². The molecular formula is C53H50Cl4Zr-2. The van der Waals surface area contributed by atoms with E-state index in [9.17, 15) is 0 Å². The zero-order valence-electron chi connectivity index (χ0n) is 34.6. The van der Waals surface area contributed by atoms with E-state index in [1.54, 1.807) is 0 Å². The number of fused-ring (bicyclic) bond motifs is 3. The maximum atomic E-state index is 5.86. The van der Waals surface area contributed by atoms with E-state index in [1.165, 1.54) is 105 Å². The van der Waals surface area contributed by atoms with Gasteiger partial charge in [-0.15, -0.1) is 46.2 Å². The van der Waals surface area contributed by atoms with Crippen LogP contribution in [-0.4, -0.2) is 3.21 Å². The summed E-state index contributed by atoms with van der Waals surface area (Å²) in [5, 5.41) is 6.92. The van der Waals surface area contributed by atoms with Crippen molar-refractivity contribution in [2.45, 2.75) is 72.6 Å². The number of rotatable bonds is 4. The average Bonchev–Trinajstić information content (AvgIpc) is 3.86. The molecule has 5 heteroatoms. The standard InChI is InChI=1S/C35H37.C13H8Cl2.C5H5.2ClH.Zr/c1-22-13-9-11-15-26(22)30-18-24-17-25-19-31(27-16-12-10-14-23(27)2)33(35(6,7)8)21-29(25)28(24)20-32(30)34(3,4)5;14-12-5-1-10(2-6-12)9-11-3-7-13(15)8-4-11;1-2-4-5-3-1;;;/h9-21H,1-8H3;1-8H;1-3H,4H2;2*1H;/q-1;;-1;;;+2/p-2. The third kappa shape index (κ3) is 11.2. The van der Waals surface area contributed by atoms with E-state index >= 15 is 0 Å². The third-order valence-corrected chi connectivity index (χ3v) is 12.2. The third-order valence-electron chi connectivity index (χ3n) is 10.3. The van der Waals surface area contributed by atoms with E-state index in [0.717, 1.165) is 16.5 Å². The second-order valence-corrected chi connectivity index (χ2v) is 18.7. The van der Waals surface area contributed by atoms with Crippen molar-refractivity contribution in [3.05, 3.63) is 195 Å². The summed E-state index contributed by atoms with van der Waals surface area (Å²) >= 11 is 13.1. The molecule has 0 nitrogen and oxygen atoms in total. The van der Waals surface area contributed by atoms with E-state index < -0.39 is 0 Å². The maximum Gasteiger partial charge on any atom is -0.109 e. The predicted octanol–water partition coefficient (Wildman–Crippen LogP) is 9.68. The second-order valence-electron chi connectivity index (χ2n) is 16.6. The molecular weight excluding hydrogens is 870 g/mol. The summed E-state index contributed by atoms with van der Waals surface area (Å²) in [7, 11) is 0. The van der Waals surface area contributed by atoms with Gasteiger partial charge in [-0.05, 0) is 69.2 Å². The zero-order valence-corrected chi connectivity index (χ0v) is 40.1. The van der Waals surface area contributed by atoms with Gasteiger partial charge in [0, 0.05) is 0 Å². The van der Waals surface area contributed by atoms with Gasteiger partial charge in [-0.3, -0.25) is 6.08 Å². The monoisotopic (exact) mass is 916 g/mol. The molecule has 0 saturated carbocycles. The number of allylic oxidation sites excluding steroid dienone is 4. The average molecular weight is 920 g/mol. The Hall–Kier alpha value is -3.42. The first kappa shape index (κ1) is 47.3.